The van der Waals surface area contributed by atoms with Crippen molar-refractivity contribution in [2.45, 2.75) is 28.9 Å². The first-order valence-corrected chi connectivity index (χ1v) is 14.3. The van der Waals surface area contributed by atoms with E-state index in [2.05, 4.69) is 9.51 Å². The molecular weight excluding hydrogens is 539 g/mol. The molecule has 0 radical (unpaired) electrons. The maximum Gasteiger partial charge on any atom is 0.469 e. The van der Waals surface area contributed by atoms with Gasteiger partial charge in [0.1, 0.15) is 17.4 Å². The first-order valence-electron chi connectivity index (χ1n) is 10.8. The van der Waals surface area contributed by atoms with Crippen LogP contribution in [0.1, 0.15) is 17.5 Å². The summed E-state index contributed by atoms with van der Waals surface area (Å²) in [5.74, 6) is 0.788. The predicted octanol–water partition coefficient (Wildman–Crippen LogP) is 6.48. The number of hydrogen-bond acceptors (Lipinski definition) is 7. The molecule has 0 spiro atoms. The van der Waals surface area contributed by atoms with Gasteiger partial charge in [0.15, 0.2) is 0 Å². The van der Waals surface area contributed by atoms with Crippen molar-refractivity contribution < 1.29 is 23.6 Å². The number of aromatic nitrogens is 1. The van der Waals surface area contributed by atoms with Crippen LogP contribution in [0.5, 0.6) is 5.75 Å². The molecular formula is C25H24ClN2O5PS2. The van der Waals surface area contributed by atoms with Crippen molar-refractivity contribution in [3.63, 3.8) is 0 Å². The van der Waals surface area contributed by atoms with Crippen molar-refractivity contribution in [1.29, 1.82) is 0 Å². The first-order chi connectivity index (χ1) is 17.1. The van der Waals surface area contributed by atoms with E-state index in [9.17, 15) is 4.57 Å². The first kappa shape index (κ1) is 26.9. The van der Waals surface area contributed by atoms with Gasteiger partial charge in [-0.15, -0.1) is 11.3 Å². The normalized spacial score (nSPS) is 13.4. The Morgan fingerprint density at radius 3 is 2.56 bits per heavy atom. The molecule has 4 aromatic rings. The van der Waals surface area contributed by atoms with Crippen LogP contribution in [0, 0.1) is 0 Å². The average Bonchev–Trinajstić information content (AvgIpc) is 3.33. The molecule has 3 aromatic carbocycles. The fraction of sp³-hybridized carbons (Fsp3) is 0.160. The molecule has 0 aliphatic heterocycles. The number of ether oxygens (including phenoxy) is 1. The monoisotopic (exact) mass is 562 g/mol. The fourth-order valence-electron chi connectivity index (χ4n) is 3.21. The van der Waals surface area contributed by atoms with Gasteiger partial charge in [-0.25, -0.2) is 9.55 Å². The Hall–Kier alpha value is -2.20. The molecule has 4 rings (SSSR count). The smallest absolute Gasteiger partial charge is 0.469 e. The summed E-state index contributed by atoms with van der Waals surface area (Å²) in [6.07, 6.45) is 1.64. The maximum absolute atomic E-state index is 11.0. The van der Waals surface area contributed by atoms with E-state index in [4.69, 9.17) is 31.9 Å². The third-order valence-corrected chi connectivity index (χ3v) is 8.09. The molecule has 11 heteroatoms. The van der Waals surface area contributed by atoms with E-state index in [1.54, 1.807) is 24.9 Å². The minimum atomic E-state index is -4.63. The highest BCUT2D eigenvalue weighted by Crippen LogP contribution is 2.41. The maximum atomic E-state index is 11.0. The standard InChI is InChI=1S/C25H24ClN2O5PS2/c1-25(27,16-33-34(29,30)31)24-28-14-23(36-24)21-11-10-20(13-22(21)26)35-19-9-5-8-18(12-19)32-15-17-6-3-2-4-7-17/h2-14H,15-16,27H2,1H3,(H2,29,30,31)/t25-/m0/s1. The fourth-order valence-corrected chi connectivity index (χ4v) is 5.95. The number of phosphoric acid groups is 1. The molecule has 1 aromatic heterocycles. The lowest BCUT2D eigenvalue weighted by Crippen LogP contribution is -2.37. The van der Waals surface area contributed by atoms with Crippen LogP contribution >= 0.6 is 42.5 Å². The van der Waals surface area contributed by atoms with E-state index in [-0.39, 0.29) is 6.61 Å². The van der Waals surface area contributed by atoms with Gasteiger partial charge in [0.05, 0.1) is 22.0 Å². The van der Waals surface area contributed by atoms with Crippen LogP contribution in [0.25, 0.3) is 10.4 Å². The van der Waals surface area contributed by atoms with Crippen LogP contribution in [0.15, 0.2) is 88.8 Å². The Bertz CT molecular complexity index is 1380. The Kier molecular flexibility index (Phi) is 8.55. The number of nitrogens with zero attached hydrogens (tertiary/aromatic N) is 1. The zero-order chi connectivity index (χ0) is 25.8. The van der Waals surface area contributed by atoms with Crippen molar-refractivity contribution in [2.24, 2.45) is 5.73 Å². The van der Waals surface area contributed by atoms with Gasteiger partial charge in [-0.1, -0.05) is 65.8 Å². The Morgan fingerprint density at radius 2 is 1.83 bits per heavy atom. The largest absolute Gasteiger partial charge is 0.489 e. The van der Waals surface area contributed by atoms with E-state index < -0.39 is 13.4 Å². The average molecular weight is 563 g/mol. The second kappa shape index (κ2) is 11.5. The molecule has 0 aliphatic rings. The van der Waals surface area contributed by atoms with Crippen LogP contribution in [0.2, 0.25) is 5.02 Å². The Labute approximate surface area is 222 Å². The summed E-state index contributed by atoms with van der Waals surface area (Å²) in [5.41, 5.74) is 6.91. The van der Waals surface area contributed by atoms with E-state index in [1.807, 2.05) is 72.8 Å². The van der Waals surface area contributed by atoms with E-state index in [0.717, 1.165) is 31.5 Å². The third kappa shape index (κ3) is 7.41. The van der Waals surface area contributed by atoms with Gasteiger partial charge < -0.3 is 20.3 Å². The summed E-state index contributed by atoms with van der Waals surface area (Å²) < 4.78 is 21.5. The molecule has 188 valence electrons. The van der Waals surface area contributed by atoms with Crippen LogP contribution in [-0.2, 0) is 21.2 Å². The topological polar surface area (TPSA) is 115 Å². The molecule has 0 saturated carbocycles. The van der Waals surface area contributed by atoms with Gasteiger partial charge in [-0.3, -0.25) is 4.52 Å². The third-order valence-electron chi connectivity index (χ3n) is 5.02. The van der Waals surface area contributed by atoms with Gasteiger partial charge in [0.2, 0.25) is 0 Å². The number of rotatable bonds is 10. The second-order valence-corrected chi connectivity index (χ2v) is 12.0. The molecule has 0 unspecified atom stereocenters. The van der Waals surface area contributed by atoms with E-state index >= 15 is 0 Å². The SMILES string of the molecule is C[C@](N)(COP(=O)(O)O)c1ncc(-c2ccc(Sc3cccc(OCc4ccccc4)c3)cc2Cl)s1. The second-order valence-electron chi connectivity index (χ2n) is 8.20. The summed E-state index contributed by atoms with van der Waals surface area (Å²) in [5, 5.41) is 1.03. The summed E-state index contributed by atoms with van der Waals surface area (Å²) in [6, 6.07) is 23.7. The molecule has 0 saturated heterocycles. The minimum absolute atomic E-state index is 0.373. The van der Waals surface area contributed by atoms with Gasteiger partial charge >= 0.3 is 7.82 Å². The Morgan fingerprint density at radius 1 is 1.08 bits per heavy atom. The minimum Gasteiger partial charge on any atom is -0.489 e. The molecule has 1 atom stereocenters. The van der Waals surface area contributed by atoms with Crippen molar-refractivity contribution in [3.8, 4) is 16.2 Å². The molecule has 4 N–H and O–H groups in total. The summed E-state index contributed by atoms with van der Waals surface area (Å²) in [6.45, 7) is 1.73. The summed E-state index contributed by atoms with van der Waals surface area (Å²) in [4.78, 5) is 25.0. The molecule has 0 aliphatic carbocycles. The highest BCUT2D eigenvalue weighted by atomic mass is 35.5. The van der Waals surface area contributed by atoms with Crippen molar-refractivity contribution in [3.05, 3.63) is 94.6 Å². The number of benzene rings is 3. The van der Waals surface area contributed by atoms with Crippen LogP contribution in [0.4, 0.5) is 0 Å². The summed E-state index contributed by atoms with van der Waals surface area (Å²) >= 11 is 9.47. The zero-order valence-electron chi connectivity index (χ0n) is 19.2. The zero-order valence-corrected chi connectivity index (χ0v) is 22.5. The molecule has 36 heavy (non-hydrogen) atoms. The van der Waals surface area contributed by atoms with Crippen molar-refractivity contribution >= 4 is 42.5 Å². The Balaban J connectivity index is 1.43. The number of hydrogen-bond donors (Lipinski definition) is 3. The van der Waals surface area contributed by atoms with Crippen LogP contribution < -0.4 is 10.5 Å². The van der Waals surface area contributed by atoms with Crippen molar-refractivity contribution in [2.75, 3.05) is 6.61 Å². The van der Waals surface area contributed by atoms with Crippen molar-refractivity contribution in [1.82, 2.24) is 4.98 Å². The number of halogens is 1. The lowest BCUT2D eigenvalue weighted by molar-refractivity contribution is 0.158. The van der Waals surface area contributed by atoms with Gasteiger partial charge in [0.25, 0.3) is 0 Å². The molecule has 0 amide bonds. The predicted molar refractivity (Wildman–Crippen MR) is 143 cm³/mol. The van der Waals surface area contributed by atoms with Gasteiger partial charge in [0, 0.05) is 21.6 Å². The molecule has 0 bridgehead atoms. The lowest BCUT2D eigenvalue weighted by Gasteiger charge is -2.21. The van der Waals surface area contributed by atoms with E-state index in [0.29, 0.717) is 16.6 Å². The lowest BCUT2D eigenvalue weighted by atomic mass is 10.1. The summed E-state index contributed by atoms with van der Waals surface area (Å²) in [7, 11) is -4.63. The quantitative estimate of drug-likeness (QED) is 0.188. The van der Waals surface area contributed by atoms with Gasteiger partial charge in [-0.05, 0) is 42.8 Å². The van der Waals surface area contributed by atoms with Crippen LogP contribution in [-0.4, -0.2) is 21.4 Å². The number of nitrogens with two attached hydrogens (primary N) is 1. The van der Waals surface area contributed by atoms with Crippen LogP contribution in [0.3, 0.4) is 0 Å². The van der Waals surface area contributed by atoms with E-state index in [1.165, 1.54) is 11.3 Å². The number of phosphoric ester groups is 1. The van der Waals surface area contributed by atoms with Gasteiger partial charge in [-0.2, -0.15) is 0 Å². The molecule has 7 nitrogen and oxygen atoms in total. The molecule has 0 fully saturated rings. The number of thiazole rings is 1. The molecule has 1 heterocycles. The highest BCUT2D eigenvalue weighted by Gasteiger charge is 2.29. The highest BCUT2D eigenvalue weighted by molar-refractivity contribution is 7.99.